The van der Waals surface area contributed by atoms with Gasteiger partial charge >= 0.3 is 0 Å². The Hall–Kier alpha value is -0.320. The van der Waals surface area contributed by atoms with E-state index in [1.807, 2.05) is 18.7 Å². The van der Waals surface area contributed by atoms with E-state index in [0.29, 0.717) is 0 Å². The summed E-state index contributed by atoms with van der Waals surface area (Å²) in [5, 5.41) is 0. The Labute approximate surface area is 105 Å². The molecule has 1 rings (SSSR count). The minimum Gasteiger partial charge on any atom is -0.341 e. The molecule has 2 unspecified atom stereocenters. The van der Waals surface area contributed by atoms with Crippen LogP contribution in [-0.4, -0.2) is 55.0 Å². The van der Waals surface area contributed by atoms with Crippen molar-refractivity contribution in [2.45, 2.75) is 26.3 Å². The number of carbonyl (C=O) groups excluding carboxylic acids is 1. The number of carbonyl (C=O) groups is 1. The first-order valence-corrected chi connectivity index (χ1v) is 5.75. The number of hydrogen-bond acceptors (Lipinski definition) is 3. The van der Waals surface area contributed by atoms with Crippen molar-refractivity contribution in [1.29, 1.82) is 0 Å². The Morgan fingerprint density at radius 3 is 2.38 bits per heavy atom. The molecule has 2 atom stereocenters. The molecule has 0 aliphatic carbocycles. The van der Waals surface area contributed by atoms with E-state index in [0.717, 1.165) is 32.6 Å². The third kappa shape index (κ3) is 4.28. The summed E-state index contributed by atoms with van der Waals surface area (Å²) in [6.07, 6.45) is 1.06. The fourth-order valence-electron chi connectivity index (χ4n) is 1.78. The molecule has 0 bridgehead atoms. The van der Waals surface area contributed by atoms with Crippen molar-refractivity contribution in [2.24, 2.45) is 11.7 Å². The Kier molecular flexibility index (Phi) is 6.95. The summed E-state index contributed by atoms with van der Waals surface area (Å²) in [4.78, 5) is 16.2. The average Bonchev–Trinajstić information content (AvgIpc) is 2.40. The third-order valence-electron chi connectivity index (χ3n) is 3.21. The number of likely N-dealkylation sites (N-methyl/N-ethyl adjacent to an activating group) is 1. The van der Waals surface area contributed by atoms with Crippen LogP contribution in [0.5, 0.6) is 0 Å². The maximum atomic E-state index is 12.0. The highest BCUT2D eigenvalue weighted by molar-refractivity contribution is 5.85. The molecule has 0 radical (unpaired) electrons. The van der Waals surface area contributed by atoms with E-state index < -0.39 is 0 Å². The molecule has 0 aromatic heterocycles. The Bertz CT molecular complexity index is 223. The zero-order chi connectivity index (χ0) is 11.4. The maximum Gasteiger partial charge on any atom is 0.226 e. The molecule has 1 aliphatic rings. The summed E-state index contributed by atoms with van der Waals surface area (Å²) in [5.74, 6) is 0.147. The predicted octanol–water partition coefficient (Wildman–Crippen LogP) is 0.556. The lowest BCUT2D eigenvalue weighted by Gasteiger charge is -2.25. The van der Waals surface area contributed by atoms with Gasteiger partial charge in [-0.2, -0.15) is 0 Å². The van der Waals surface area contributed by atoms with Gasteiger partial charge in [0.2, 0.25) is 5.91 Å². The third-order valence-corrected chi connectivity index (χ3v) is 3.21. The largest absolute Gasteiger partial charge is 0.341 e. The zero-order valence-electron chi connectivity index (χ0n) is 10.5. The summed E-state index contributed by atoms with van der Waals surface area (Å²) in [6, 6.07) is -0.0570. The van der Waals surface area contributed by atoms with E-state index in [-0.39, 0.29) is 30.3 Å². The van der Waals surface area contributed by atoms with E-state index in [1.165, 1.54) is 0 Å². The Morgan fingerprint density at radius 1 is 1.19 bits per heavy atom. The number of rotatable bonds is 2. The van der Waals surface area contributed by atoms with E-state index in [4.69, 9.17) is 5.73 Å². The number of nitrogens with zero attached hydrogens (tertiary/aromatic N) is 2. The average molecular weight is 250 g/mol. The molecule has 1 amide bonds. The van der Waals surface area contributed by atoms with Gasteiger partial charge in [0, 0.05) is 25.7 Å². The van der Waals surface area contributed by atoms with Crippen molar-refractivity contribution in [3.63, 3.8) is 0 Å². The van der Waals surface area contributed by atoms with Gasteiger partial charge < -0.3 is 15.5 Å². The molecule has 5 heteroatoms. The van der Waals surface area contributed by atoms with Crippen LogP contribution in [0, 0.1) is 5.92 Å². The second kappa shape index (κ2) is 7.09. The zero-order valence-corrected chi connectivity index (χ0v) is 11.3. The fourth-order valence-corrected chi connectivity index (χ4v) is 1.78. The first-order chi connectivity index (χ1) is 7.02. The van der Waals surface area contributed by atoms with E-state index >= 15 is 0 Å². The first kappa shape index (κ1) is 15.7. The topological polar surface area (TPSA) is 49.6 Å². The lowest BCUT2D eigenvalue weighted by Crippen LogP contribution is -2.43. The molecular weight excluding hydrogens is 226 g/mol. The second-order valence-corrected chi connectivity index (χ2v) is 4.63. The molecular formula is C11H24ClN3O. The molecule has 1 saturated heterocycles. The molecule has 0 spiro atoms. The normalized spacial score (nSPS) is 21.9. The molecule has 1 fully saturated rings. The summed E-state index contributed by atoms with van der Waals surface area (Å²) in [6.45, 7) is 7.58. The SMILES string of the molecule is CC(N)C(C)C(=O)N1CCCN(C)CC1.Cl. The van der Waals surface area contributed by atoms with Gasteiger partial charge in [0.15, 0.2) is 0 Å². The van der Waals surface area contributed by atoms with Crippen molar-refractivity contribution in [2.75, 3.05) is 33.2 Å². The summed E-state index contributed by atoms with van der Waals surface area (Å²) < 4.78 is 0. The van der Waals surface area contributed by atoms with Crippen molar-refractivity contribution in [3.05, 3.63) is 0 Å². The van der Waals surface area contributed by atoms with Crippen LogP contribution < -0.4 is 5.73 Å². The Balaban J connectivity index is 0.00000225. The summed E-state index contributed by atoms with van der Waals surface area (Å²) >= 11 is 0. The van der Waals surface area contributed by atoms with Crippen molar-refractivity contribution < 1.29 is 4.79 Å². The molecule has 0 aromatic carbocycles. The van der Waals surface area contributed by atoms with Gasteiger partial charge in [-0.15, -0.1) is 12.4 Å². The fraction of sp³-hybridized carbons (Fsp3) is 0.909. The maximum absolute atomic E-state index is 12.0. The van der Waals surface area contributed by atoms with E-state index in [1.54, 1.807) is 0 Å². The van der Waals surface area contributed by atoms with Gasteiger partial charge in [-0.1, -0.05) is 6.92 Å². The lowest BCUT2D eigenvalue weighted by atomic mass is 10.0. The van der Waals surface area contributed by atoms with Crippen molar-refractivity contribution >= 4 is 18.3 Å². The van der Waals surface area contributed by atoms with Crippen LogP contribution in [0.4, 0.5) is 0 Å². The standard InChI is InChI=1S/C11H23N3O.ClH/c1-9(10(2)12)11(15)14-6-4-5-13(3)7-8-14;/h9-10H,4-8,12H2,1-3H3;1H. The highest BCUT2D eigenvalue weighted by Crippen LogP contribution is 2.09. The smallest absolute Gasteiger partial charge is 0.226 e. The molecule has 1 aliphatic heterocycles. The van der Waals surface area contributed by atoms with Crippen molar-refractivity contribution in [3.8, 4) is 0 Å². The van der Waals surface area contributed by atoms with E-state index in [9.17, 15) is 4.79 Å². The number of amides is 1. The number of halogens is 1. The highest BCUT2D eigenvalue weighted by atomic mass is 35.5. The molecule has 2 N–H and O–H groups in total. The van der Waals surface area contributed by atoms with Gasteiger partial charge in [-0.3, -0.25) is 4.79 Å². The van der Waals surface area contributed by atoms with Gasteiger partial charge in [-0.05, 0) is 26.9 Å². The highest BCUT2D eigenvalue weighted by Gasteiger charge is 2.24. The Morgan fingerprint density at radius 2 is 1.81 bits per heavy atom. The molecule has 0 aromatic rings. The van der Waals surface area contributed by atoms with Crippen LogP contribution in [-0.2, 0) is 4.79 Å². The molecule has 1 heterocycles. The first-order valence-electron chi connectivity index (χ1n) is 5.75. The van der Waals surface area contributed by atoms with Gasteiger partial charge in [0.25, 0.3) is 0 Å². The van der Waals surface area contributed by atoms with Crippen LogP contribution in [0.15, 0.2) is 0 Å². The quantitative estimate of drug-likeness (QED) is 0.778. The number of nitrogens with two attached hydrogens (primary N) is 1. The monoisotopic (exact) mass is 249 g/mol. The predicted molar refractivity (Wildman–Crippen MR) is 68.8 cm³/mol. The van der Waals surface area contributed by atoms with Crippen LogP contribution in [0.25, 0.3) is 0 Å². The molecule has 4 nitrogen and oxygen atoms in total. The summed E-state index contributed by atoms with van der Waals surface area (Å²) in [5.41, 5.74) is 5.75. The minimum absolute atomic E-state index is 0. The molecule has 96 valence electrons. The summed E-state index contributed by atoms with van der Waals surface area (Å²) in [7, 11) is 2.10. The second-order valence-electron chi connectivity index (χ2n) is 4.63. The molecule has 0 saturated carbocycles. The van der Waals surface area contributed by atoms with Crippen LogP contribution >= 0.6 is 12.4 Å². The van der Waals surface area contributed by atoms with Crippen LogP contribution in [0.1, 0.15) is 20.3 Å². The van der Waals surface area contributed by atoms with Crippen LogP contribution in [0.3, 0.4) is 0 Å². The lowest BCUT2D eigenvalue weighted by molar-refractivity contribution is -0.135. The van der Waals surface area contributed by atoms with Gasteiger partial charge in [-0.25, -0.2) is 0 Å². The molecule has 16 heavy (non-hydrogen) atoms. The van der Waals surface area contributed by atoms with Crippen molar-refractivity contribution in [1.82, 2.24) is 9.80 Å². The van der Waals surface area contributed by atoms with Crippen LogP contribution in [0.2, 0.25) is 0 Å². The van der Waals surface area contributed by atoms with Gasteiger partial charge in [0.1, 0.15) is 0 Å². The van der Waals surface area contributed by atoms with Gasteiger partial charge in [0.05, 0.1) is 5.92 Å². The van der Waals surface area contributed by atoms with E-state index in [2.05, 4.69) is 11.9 Å². The minimum atomic E-state index is -0.0617. The number of hydrogen-bond donors (Lipinski definition) is 1.